The number of fused-ring (bicyclic) bond motifs is 1. The molecule has 21 heavy (non-hydrogen) atoms. The van der Waals surface area contributed by atoms with Crippen molar-refractivity contribution in [3.8, 4) is 0 Å². The lowest BCUT2D eigenvalue weighted by Crippen LogP contribution is -2.11. The topological polar surface area (TPSA) is 115 Å². The zero-order valence-electron chi connectivity index (χ0n) is 11.0. The van der Waals surface area contributed by atoms with Crippen LogP contribution in [0.3, 0.4) is 0 Å². The Bertz CT molecular complexity index is 874. The van der Waals surface area contributed by atoms with Crippen molar-refractivity contribution in [1.82, 2.24) is 19.9 Å². The predicted molar refractivity (Wildman–Crippen MR) is 78.3 cm³/mol. The van der Waals surface area contributed by atoms with Gasteiger partial charge in [-0.3, -0.25) is 0 Å². The number of aromatic amines is 1. The van der Waals surface area contributed by atoms with Gasteiger partial charge in [-0.15, -0.1) is 0 Å². The van der Waals surface area contributed by atoms with E-state index in [0.717, 1.165) is 0 Å². The number of benzene rings is 1. The van der Waals surface area contributed by atoms with Gasteiger partial charge in [0.1, 0.15) is 5.52 Å². The molecule has 108 valence electrons. The Morgan fingerprint density at radius 1 is 1.14 bits per heavy atom. The lowest BCUT2D eigenvalue weighted by molar-refractivity contribution is 0.595. The van der Waals surface area contributed by atoms with Crippen LogP contribution >= 0.6 is 0 Å². The zero-order valence-corrected chi connectivity index (χ0v) is 11.8. The molecule has 0 aliphatic rings. The van der Waals surface area contributed by atoms with Gasteiger partial charge < -0.3 is 10.7 Å². The monoisotopic (exact) mass is 303 g/mol. The predicted octanol–water partition coefficient (Wildman–Crippen LogP) is 0.952. The first-order chi connectivity index (χ1) is 10.1. The molecule has 2 aromatic heterocycles. The SMILES string of the molecule is Nc1nc(CCS(=O)(=O)c2ccccc2)c2[nH]cnc2n1. The van der Waals surface area contributed by atoms with E-state index in [0.29, 0.717) is 21.8 Å². The Morgan fingerprint density at radius 3 is 2.67 bits per heavy atom. The number of hydrogen-bond acceptors (Lipinski definition) is 6. The average Bonchev–Trinajstić information content (AvgIpc) is 2.94. The number of hydrogen-bond donors (Lipinski definition) is 2. The van der Waals surface area contributed by atoms with Crippen LogP contribution in [0.2, 0.25) is 0 Å². The summed E-state index contributed by atoms with van der Waals surface area (Å²) in [5.74, 6) is 0.0309. The second-order valence-corrected chi connectivity index (χ2v) is 6.62. The Hall–Kier alpha value is -2.48. The molecule has 0 saturated carbocycles. The van der Waals surface area contributed by atoms with E-state index in [1.54, 1.807) is 30.3 Å². The van der Waals surface area contributed by atoms with Crippen LogP contribution in [0.4, 0.5) is 5.95 Å². The summed E-state index contributed by atoms with van der Waals surface area (Å²) in [5, 5.41) is 0. The van der Waals surface area contributed by atoms with E-state index in [1.165, 1.54) is 6.33 Å². The zero-order chi connectivity index (χ0) is 14.9. The van der Waals surface area contributed by atoms with Crippen molar-refractivity contribution in [2.24, 2.45) is 0 Å². The molecule has 0 amide bonds. The second kappa shape index (κ2) is 5.13. The van der Waals surface area contributed by atoms with Crippen LogP contribution in [0.15, 0.2) is 41.6 Å². The maximum atomic E-state index is 12.3. The first-order valence-corrected chi connectivity index (χ1v) is 7.95. The number of nitrogens with one attached hydrogen (secondary N) is 1. The molecule has 0 fully saturated rings. The molecule has 0 unspecified atom stereocenters. The van der Waals surface area contributed by atoms with Crippen LogP contribution in [-0.4, -0.2) is 34.1 Å². The standard InChI is InChI=1S/C13H13N5O2S/c14-13-17-10(11-12(18-13)16-8-15-11)6-7-21(19,20)9-4-2-1-3-5-9/h1-5,8H,6-7H2,(H3,14,15,16,17,18). The van der Waals surface area contributed by atoms with Crippen LogP contribution in [0.5, 0.6) is 0 Å². The summed E-state index contributed by atoms with van der Waals surface area (Å²) in [7, 11) is -3.36. The highest BCUT2D eigenvalue weighted by molar-refractivity contribution is 7.91. The van der Waals surface area contributed by atoms with Crippen LogP contribution < -0.4 is 5.73 Å². The molecular formula is C13H13N5O2S. The minimum absolute atomic E-state index is 0.0540. The molecule has 0 aliphatic heterocycles. The van der Waals surface area contributed by atoms with Crippen molar-refractivity contribution in [3.63, 3.8) is 0 Å². The van der Waals surface area contributed by atoms with Gasteiger partial charge in [0.15, 0.2) is 15.5 Å². The maximum absolute atomic E-state index is 12.3. The smallest absolute Gasteiger partial charge is 0.222 e. The molecule has 0 bridgehead atoms. The van der Waals surface area contributed by atoms with Gasteiger partial charge in [-0.2, -0.15) is 4.98 Å². The Morgan fingerprint density at radius 2 is 1.90 bits per heavy atom. The molecule has 0 aliphatic carbocycles. The molecule has 3 rings (SSSR count). The van der Waals surface area contributed by atoms with Crippen molar-refractivity contribution in [3.05, 3.63) is 42.4 Å². The third kappa shape index (κ3) is 2.70. The van der Waals surface area contributed by atoms with Gasteiger partial charge in [0.25, 0.3) is 0 Å². The Labute approximate surface area is 121 Å². The lowest BCUT2D eigenvalue weighted by atomic mass is 10.3. The second-order valence-electron chi connectivity index (χ2n) is 4.51. The number of nitrogens with zero attached hydrogens (tertiary/aromatic N) is 3. The molecule has 3 aromatic rings. The number of aryl methyl sites for hydroxylation is 1. The van der Waals surface area contributed by atoms with Crippen molar-refractivity contribution >= 4 is 26.9 Å². The number of aromatic nitrogens is 4. The summed E-state index contributed by atoms with van der Waals surface area (Å²) in [6, 6.07) is 8.33. The average molecular weight is 303 g/mol. The number of rotatable bonds is 4. The largest absolute Gasteiger partial charge is 0.368 e. The van der Waals surface area contributed by atoms with Gasteiger partial charge in [-0.25, -0.2) is 18.4 Å². The van der Waals surface area contributed by atoms with E-state index in [4.69, 9.17) is 5.73 Å². The molecule has 7 nitrogen and oxygen atoms in total. The van der Waals surface area contributed by atoms with Crippen LogP contribution in [-0.2, 0) is 16.3 Å². The van der Waals surface area contributed by atoms with E-state index in [9.17, 15) is 8.42 Å². The number of anilines is 1. The quantitative estimate of drug-likeness (QED) is 0.741. The summed E-state index contributed by atoms with van der Waals surface area (Å²) >= 11 is 0. The molecule has 0 atom stereocenters. The number of H-pyrrole nitrogens is 1. The summed E-state index contributed by atoms with van der Waals surface area (Å²) in [4.78, 5) is 15.3. The molecule has 2 heterocycles. The van der Waals surface area contributed by atoms with Crippen LogP contribution in [0.25, 0.3) is 11.2 Å². The van der Waals surface area contributed by atoms with Gasteiger partial charge in [0.2, 0.25) is 5.95 Å². The fourth-order valence-electron chi connectivity index (χ4n) is 2.07. The van der Waals surface area contributed by atoms with E-state index < -0.39 is 9.84 Å². The van der Waals surface area contributed by atoms with Crippen LogP contribution in [0.1, 0.15) is 5.69 Å². The highest BCUT2D eigenvalue weighted by atomic mass is 32.2. The molecule has 3 N–H and O–H groups in total. The van der Waals surface area contributed by atoms with E-state index >= 15 is 0 Å². The summed E-state index contributed by atoms with van der Waals surface area (Å²) in [5.41, 5.74) is 7.22. The normalized spacial score (nSPS) is 11.8. The minimum Gasteiger partial charge on any atom is -0.368 e. The van der Waals surface area contributed by atoms with Crippen molar-refractivity contribution in [2.45, 2.75) is 11.3 Å². The maximum Gasteiger partial charge on any atom is 0.222 e. The molecular weight excluding hydrogens is 290 g/mol. The summed E-state index contributed by atoms with van der Waals surface area (Å²) in [6.45, 7) is 0. The first-order valence-electron chi connectivity index (χ1n) is 6.29. The number of sulfone groups is 1. The number of nitrogen functional groups attached to an aromatic ring is 1. The minimum atomic E-state index is -3.36. The fraction of sp³-hybridized carbons (Fsp3) is 0.154. The van der Waals surface area contributed by atoms with Gasteiger partial charge in [0, 0.05) is 6.42 Å². The highest BCUT2D eigenvalue weighted by Gasteiger charge is 2.16. The van der Waals surface area contributed by atoms with Gasteiger partial charge in [-0.1, -0.05) is 18.2 Å². The molecule has 8 heteroatoms. The summed E-state index contributed by atoms with van der Waals surface area (Å²) < 4.78 is 24.5. The van der Waals surface area contributed by atoms with Gasteiger partial charge >= 0.3 is 0 Å². The van der Waals surface area contributed by atoms with Gasteiger partial charge in [0.05, 0.1) is 22.7 Å². The van der Waals surface area contributed by atoms with Crippen molar-refractivity contribution < 1.29 is 8.42 Å². The molecule has 0 spiro atoms. The first kappa shape index (κ1) is 13.5. The van der Waals surface area contributed by atoms with E-state index in [1.807, 2.05) is 0 Å². The van der Waals surface area contributed by atoms with Crippen LogP contribution in [0, 0.1) is 0 Å². The highest BCUT2D eigenvalue weighted by Crippen LogP contribution is 2.16. The lowest BCUT2D eigenvalue weighted by Gasteiger charge is -2.05. The van der Waals surface area contributed by atoms with Crippen molar-refractivity contribution in [1.29, 1.82) is 0 Å². The van der Waals surface area contributed by atoms with E-state index in [2.05, 4.69) is 19.9 Å². The molecule has 0 saturated heterocycles. The van der Waals surface area contributed by atoms with Gasteiger partial charge in [-0.05, 0) is 12.1 Å². The Balaban J connectivity index is 1.88. The molecule has 0 radical (unpaired) electrons. The number of imidazole rings is 1. The number of nitrogens with two attached hydrogens (primary N) is 1. The third-order valence-corrected chi connectivity index (χ3v) is 4.82. The Kier molecular flexibility index (Phi) is 3.30. The summed E-state index contributed by atoms with van der Waals surface area (Å²) in [6.07, 6.45) is 1.72. The van der Waals surface area contributed by atoms with E-state index in [-0.39, 0.29) is 18.1 Å². The van der Waals surface area contributed by atoms with Crippen molar-refractivity contribution in [2.75, 3.05) is 11.5 Å². The third-order valence-electron chi connectivity index (χ3n) is 3.09. The fourth-order valence-corrected chi connectivity index (χ4v) is 3.34. The molecule has 1 aromatic carbocycles.